The van der Waals surface area contributed by atoms with Gasteiger partial charge < -0.3 is 4.90 Å². The number of carbonyl (C=O) groups excluding carboxylic acids is 1. The average Bonchev–Trinajstić information content (AvgIpc) is 3.18. The fourth-order valence-electron chi connectivity index (χ4n) is 4.85. The van der Waals surface area contributed by atoms with Crippen LogP contribution in [0.5, 0.6) is 0 Å². The van der Waals surface area contributed by atoms with E-state index in [1.54, 1.807) is 12.1 Å². The van der Waals surface area contributed by atoms with Crippen LogP contribution < -0.4 is 0 Å². The second-order valence-corrected chi connectivity index (χ2v) is 10.2. The molecule has 0 spiro atoms. The van der Waals surface area contributed by atoms with Crippen molar-refractivity contribution in [1.29, 1.82) is 0 Å². The molecule has 29 heavy (non-hydrogen) atoms. The Morgan fingerprint density at radius 2 is 1.76 bits per heavy atom. The van der Waals surface area contributed by atoms with E-state index in [0.717, 1.165) is 13.1 Å². The van der Waals surface area contributed by atoms with Crippen molar-refractivity contribution in [3.63, 3.8) is 0 Å². The number of fused-ring (bicyclic) bond motifs is 1. The molecule has 156 valence electrons. The van der Waals surface area contributed by atoms with Crippen molar-refractivity contribution in [1.82, 2.24) is 9.80 Å². The van der Waals surface area contributed by atoms with Crippen molar-refractivity contribution < 1.29 is 13.2 Å². The van der Waals surface area contributed by atoms with Crippen LogP contribution in [-0.4, -0.2) is 57.1 Å². The lowest BCUT2D eigenvalue weighted by Crippen LogP contribution is -2.33. The maximum absolute atomic E-state index is 13.1. The van der Waals surface area contributed by atoms with Gasteiger partial charge in [0.15, 0.2) is 9.84 Å². The van der Waals surface area contributed by atoms with Crippen LogP contribution in [0.15, 0.2) is 53.4 Å². The van der Waals surface area contributed by atoms with Gasteiger partial charge in [-0.1, -0.05) is 30.3 Å². The van der Waals surface area contributed by atoms with E-state index in [0.29, 0.717) is 30.0 Å². The maximum atomic E-state index is 13.1. The number of amides is 1. The Hall–Kier alpha value is -1.89. The summed E-state index contributed by atoms with van der Waals surface area (Å²) >= 11 is 0. The lowest BCUT2D eigenvalue weighted by molar-refractivity contribution is 0.0767. The molecule has 1 amide bonds. The average molecular weight is 435 g/mol. The van der Waals surface area contributed by atoms with Crippen LogP contribution in [0.25, 0.3) is 0 Å². The van der Waals surface area contributed by atoms with Crippen LogP contribution in [0.2, 0.25) is 0 Å². The highest BCUT2D eigenvalue weighted by atomic mass is 35.5. The molecule has 2 saturated heterocycles. The molecule has 2 heterocycles. The third kappa shape index (κ3) is 4.06. The highest BCUT2D eigenvalue weighted by Gasteiger charge is 2.47. The quantitative estimate of drug-likeness (QED) is 0.744. The number of halogens is 1. The number of rotatable bonds is 3. The highest BCUT2D eigenvalue weighted by molar-refractivity contribution is 7.90. The van der Waals surface area contributed by atoms with Crippen LogP contribution in [0, 0.1) is 18.8 Å². The normalized spacial score (nSPS) is 24.2. The first-order valence-electron chi connectivity index (χ1n) is 9.61. The molecule has 2 aliphatic rings. The summed E-state index contributed by atoms with van der Waals surface area (Å²) in [5.74, 6) is 0.760. The summed E-state index contributed by atoms with van der Waals surface area (Å²) in [6, 6.07) is 15.2. The number of aryl methyl sites for hydroxylation is 1. The molecule has 0 bridgehead atoms. The molecular formula is C22H27ClN2O3S. The van der Waals surface area contributed by atoms with E-state index < -0.39 is 9.84 Å². The fraction of sp³-hybridized carbons (Fsp3) is 0.409. The third-order valence-corrected chi connectivity index (χ3v) is 7.31. The molecule has 0 saturated carbocycles. The van der Waals surface area contributed by atoms with E-state index in [-0.39, 0.29) is 23.2 Å². The molecule has 0 aliphatic carbocycles. The van der Waals surface area contributed by atoms with Crippen LogP contribution in [0.4, 0.5) is 0 Å². The first-order valence-corrected chi connectivity index (χ1v) is 11.5. The first kappa shape index (κ1) is 21.8. The zero-order valence-corrected chi connectivity index (χ0v) is 18.5. The minimum Gasteiger partial charge on any atom is -0.338 e. The molecule has 4 rings (SSSR count). The Balaban J connectivity index is 0.00000240. The van der Waals surface area contributed by atoms with Gasteiger partial charge in [0.1, 0.15) is 0 Å². The van der Waals surface area contributed by atoms with Crippen molar-refractivity contribution in [2.75, 3.05) is 32.9 Å². The van der Waals surface area contributed by atoms with E-state index in [2.05, 4.69) is 43.1 Å². The van der Waals surface area contributed by atoms with E-state index in [4.69, 9.17) is 0 Å². The van der Waals surface area contributed by atoms with Crippen LogP contribution in [-0.2, 0) is 9.84 Å². The molecule has 7 heteroatoms. The van der Waals surface area contributed by atoms with E-state index in [1.807, 2.05) is 4.90 Å². The van der Waals surface area contributed by atoms with Gasteiger partial charge in [0.2, 0.25) is 0 Å². The summed E-state index contributed by atoms with van der Waals surface area (Å²) in [7, 11) is -1.17. The van der Waals surface area contributed by atoms with Gasteiger partial charge in [0, 0.05) is 43.4 Å². The minimum atomic E-state index is -3.33. The number of sulfone groups is 1. The van der Waals surface area contributed by atoms with Crippen molar-refractivity contribution >= 4 is 28.2 Å². The lowest BCUT2D eigenvalue weighted by atomic mass is 9.88. The second-order valence-electron chi connectivity index (χ2n) is 8.18. The number of likely N-dealkylation sites (tertiary alicyclic amines) is 2. The summed E-state index contributed by atoms with van der Waals surface area (Å²) in [6.07, 6.45) is 1.17. The largest absolute Gasteiger partial charge is 0.338 e. The summed E-state index contributed by atoms with van der Waals surface area (Å²) in [5.41, 5.74) is 3.07. The zero-order chi connectivity index (χ0) is 20.1. The molecule has 3 atom stereocenters. The number of carbonyl (C=O) groups is 1. The van der Waals surface area contributed by atoms with Gasteiger partial charge in [-0.15, -0.1) is 12.4 Å². The van der Waals surface area contributed by atoms with Gasteiger partial charge in [-0.2, -0.15) is 0 Å². The molecule has 0 N–H and O–H groups in total. The highest BCUT2D eigenvalue weighted by Crippen LogP contribution is 2.45. The summed E-state index contributed by atoms with van der Waals surface area (Å²) in [6.45, 7) is 4.54. The zero-order valence-electron chi connectivity index (χ0n) is 16.9. The summed E-state index contributed by atoms with van der Waals surface area (Å²) in [5, 5.41) is 0. The van der Waals surface area contributed by atoms with Crippen LogP contribution in [0.1, 0.15) is 27.5 Å². The summed E-state index contributed by atoms with van der Waals surface area (Å²) in [4.78, 5) is 17.6. The molecule has 0 radical (unpaired) electrons. The van der Waals surface area contributed by atoms with Crippen molar-refractivity contribution in [2.45, 2.75) is 17.9 Å². The number of hydrogen-bond acceptors (Lipinski definition) is 4. The van der Waals surface area contributed by atoms with Crippen molar-refractivity contribution in [3.05, 3.63) is 65.2 Å². The lowest BCUT2D eigenvalue weighted by Gasteiger charge is -2.28. The van der Waals surface area contributed by atoms with Crippen molar-refractivity contribution in [3.8, 4) is 0 Å². The summed E-state index contributed by atoms with van der Waals surface area (Å²) < 4.78 is 23.7. The van der Waals surface area contributed by atoms with Gasteiger partial charge in [-0.25, -0.2) is 8.42 Å². The molecule has 5 nitrogen and oxygen atoms in total. The van der Waals surface area contributed by atoms with Crippen molar-refractivity contribution in [2.24, 2.45) is 11.8 Å². The Labute approximate surface area is 179 Å². The van der Waals surface area contributed by atoms with Gasteiger partial charge in [0.05, 0.1) is 4.90 Å². The van der Waals surface area contributed by atoms with E-state index in [1.165, 1.54) is 29.5 Å². The Kier molecular flexibility index (Phi) is 6.08. The van der Waals surface area contributed by atoms with Gasteiger partial charge >= 0.3 is 0 Å². The Bertz CT molecular complexity index is 1020. The number of benzene rings is 2. The molecule has 2 fully saturated rings. The Morgan fingerprint density at radius 1 is 1.03 bits per heavy atom. The second kappa shape index (κ2) is 8.09. The van der Waals surface area contributed by atoms with Gasteiger partial charge in [0.25, 0.3) is 5.91 Å². The minimum absolute atomic E-state index is 0. The Morgan fingerprint density at radius 3 is 2.45 bits per heavy atom. The monoisotopic (exact) mass is 434 g/mol. The molecule has 2 aromatic carbocycles. The van der Waals surface area contributed by atoms with Gasteiger partial charge in [-0.3, -0.25) is 9.69 Å². The van der Waals surface area contributed by atoms with E-state index in [9.17, 15) is 13.2 Å². The molecule has 0 unspecified atom stereocenters. The maximum Gasteiger partial charge on any atom is 0.253 e. The molecule has 2 aliphatic heterocycles. The predicted molar refractivity (Wildman–Crippen MR) is 116 cm³/mol. The van der Waals surface area contributed by atoms with Crippen LogP contribution >= 0.6 is 12.4 Å². The van der Waals surface area contributed by atoms with Gasteiger partial charge in [-0.05, 0) is 49.2 Å². The smallest absolute Gasteiger partial charge is 0.253 e. The standard InChI is InChI=1S/C22H26N2O3S.ClH/c1-15-7-4-5-10-19(15)21-20-14-24(13-17(20)12-23(21)2)22(25)16-8-6-9-18(11-16)28(3,26)27;/h4-11,17,20-21H,12-14H2,1-3H3;1H/t17-,20+,21+;/m0./s1. The SMILES string of the molecule is Cc1ccccc1[C@@H]1[C@@H]2CN(C(=O)c3cccc(S(C)(=O)=O)c3)C[C@@H]2CN1C.Cl. The molecular weight excluding hydrogens is 408 g/mol. The number of nitrogens with zero attached hydrogens (tertiary/aromatic N) is 2. The first-order chi connectivity index (χ1) is 13.3. The molecule has 0 aromatic heterocycles. The fourth-order valence-corrected chi connectivity index (χ4v) is 5.52. The third-order valence-electron chi connectivity index (χ3n) is 6.20. The number of hydrogen-bond donors (Lipinski definition) is 0. The topological polar surface area (TPSA) is 57.7 Å². The predicted octanol–water partition coefficient (Wildman–Crippen LogP) is 3.20. The van der Waals surface area contributed by atoms with E-state index >= 15 is 0 Å². The molecule has 2 aromatic rings. The van der Waals surface area contributed by atoms with Crippen LogP contribution in [0.3, 0.4) is 0 Å².